The standard InChI is InChI=1S/C15H16Cl2N2O2/c1-4-12(20)19-8-9(7-18(2)3)15(21)13-11(19)6-5-10(16)14(13)17/h5-7H,4,8H2,1-3H3/b9-7-. The van der Waals surface area contributed by atoms with Gasteiger partial charge in [0.05, 0.1) is 27.8 Å². The molecule has 1 aliphatic heterocycles. The molecule has 0 bridgehead atoms. The van der Waals surface area contributed by atoms with Crippen molar-refractivity contribution in [1.82, 2.24) is 4.90 Å². The lowest BCUT2D eigenvalue weighted by Gasteiger charge is -2.31. The van der Waals surface area contributed by atoms with E-state index < -0.39 is 0 Å². The lowest BCUT2D eigenvalue weighted by molar-refractivity contribution is -0.118. The summed E-state index contributed by atoms with van der Waals surface area (Å²) in [5.74, 6) is -0.252. The first kappa shape index (κ1) is 15.9. The van der Waals surface area contributed by atoms with Crippen LogP contribution in [0.1, 0.15) is 23.7 Å². The van der Waals surface area contributed by atoms with Gasteiger partial charge in [0, 0.05) is 32.3 Å². The second kappa shape index (κ2) is 6.08. The summed E-state index contributed by atoms with van der Waals surface area (Å²) in [5.41, 5.74) is 1.33. The van der Waals surface area contributed by atoms with Crippen LogP contribution in [0.3, 0.4) is 0 Å². The molecule has 0 N–H and O–H groups in total. The number of amides is 1. The van der Waals surface area contributed by atoms with Crippen LogP contribution in [0.25, 0.3) is 0 Å². The number of fused-ring (bicyclic) bond motifs is 1. The van der Waals surface area contributed by atoms with Crippen LogP contribution in [0.15, 0.2) is 23.9 Å². The van der Waals surface area contributed by atoms with E-state index >= 15 is 0 Å². The van der Waals surface area contributed by atoms with E-state index in [1.807, 2.05) is 14.1 Å². The maximum absolute atomic E-state index is 12.6. The molecule has 1 aromatic rings. The molecule has 1 aliphatic rings. The molecular weight excluding hydrogens is 311 g/mol. The van der Waals surface area contributed by atoms with E-state index in [2.05, 4.69) is 0 Å². The number of ketones is 1. The number of carbonyl (C=O) groups is 2. The van der Waals surface area contributed by atoms with E-state index in [1.54, 1.807) is 35.1 Å². The Balaban J connectivity index is 2.65. The monoisotopic (exact) mass is 326 g/mol. The lowest BCUT2D eigenvalue weighted by Crippen LogP contribution is -2.39. The van der Waals surface area contributed by atoms with Crippen LogP contribution in [0.4, 0.5) is 5.69 Å². The van der Waals surface area contributed by atoms with Crippen molar-refractivity contribution in [3.63, 3.8) is 0 Å². The molecule has 1 amide bonds. The number of carbonyl (C=O) groups excluding carboxylic acids is 2. The molecule has 1 aromatic carbocycles. The highest BCUT2D eigenvalue weighted by molar-refractivity contribution is 6.45. The van der Waals surface area contributed by atoms with Crippen molar-refractivity contribution in [2.45, 2.75) is 13.3 Å². The van der Waals surface area contributed by atoms with Gasteiger partial charge in [-0.1, -0.05) is 30.1 Å². The number of Topliss-reactive ketones (excluding diaryl/α,β-unsaturated/α-hetero) is 1. The predicted octanol–water partition coefficient (Wildman–Crippen LogP) is 3.38. The molecule has 0 aliphatic carbocycles. The Morgan fingerprint density at radius 2 is 2.05 bits per heavy atom. The van der Waals surface area contributed by atoms with Crippen LogP contribution in [0.5, 0.6) is 0 Å². The fourth-order valence-electron chi connectivity index (χ4n) is 2.29. The molecule has 0 atom stereocenters. The Bertz CT molecular complexity index is 639. The summed E-state index contributed by atoms with van der Waals surface area (Å²) in [6.07, 6.45) is 2.06. The third-order valence-corrected chi connectivity index (χ3v) is 4.03. The second-order valence-electron chi connectivity index (χ2n) is 5.04. The average Bonchev–Trinajstić information content (AvgIpc) is 2.44. The van der Waals surface area contributed by atoms with Crippen LogP contribution in [0, 0.1) is 0 Å². The zero-order valence-corrected chi connectivity index (χ0v) is 13.6. The number of hydrogen-bond acceptors (Lipinski definition) is 3. The maximum atomic E-state index is 12.6. The summed E-state index contributed by atoms with van der Waals surface area (Å²) in [4.78, 5) is 28.1. The first-order valence-corrected chi connectivity index (χ1v) is 7.32. The zero-order chi connectivity index (χ0) is 15.7. The van der Waals surface area contributed by atoms with Gasteiger partial charge in [-0.3, -0.25) is 9.59 Å². The van der Waals surface area contributed by atoms with E-state index in [0.717, 1.165) is 0 Å². The fraction of sp³-hybridized carbons (Fsp3) is 0.333. The SMILES string of the molecule is CCC(=O)N1C/C(=C/N(C)C)C(=O)c2c1ccc(Cl)c2Cl. The van der Waals surface area contributed by atoms with E-state index in [4.69, 9.17) is 23.2 Å². The Labute approximate surface area is 133 Å². The topological polar surface area (TPSA) is 40.6 Å². The minimum atomic E-state index is -0.189. The molecule has 2 rings (SSSR count). The average molecular weight is 327 g/mol. The van der Waals surface area contributed by atoms with Gasteiger partial charge in [0.1, 0.15) is 0 Å². The van der Waals surface area contributed by atoms with Crippen molar-refractivity contribution >= 4 is 40.6 Å². The number of nitrogens with zero attached hydrogens (tertiary/aromatic N) is 2. The summed E-state index contributed by atoms with van der Waals surface area (Å²) < 4.78 is 0. The Morgan fingerprint density at radius 3 is 2.62 bits per heavy atom. The molecule has 0 unspecified atom stereocenters. The van der Waals surface area contributed by atoms with Crippen LogP contribution < -0.4 is 4.90 Å². The quantitative estimate of drug-likeness (QED) is 0.782. The van der Waals surface area contributed by atoms with E-state index in [0.29, 0.717) is 28.3 Å². The number of halogens is 2. The van der Waals surface area contributed by atoms with Crippen LogP contribution >= 0.6 is 23.2 Å². The summed E-state index contributed by atoms with van der Waals surface area (Å²) in [7, 11) is 3.64. The normalized spacial score (nSPS) is 16.1. The van der Waals surface area contributed by atoms with Gasteiger partial charge in [-0.2, -0.15) is 0 Å². The summed E-state index contributed by atoms with van der Waals surface area (Å²) in [6, 6.07) is 3.27. The molecule has 1 heterocycles. The molecule has 0 radical (unpaired) electrons. The van der Waals surface area contributed by atoms with Gasteiger partial charge in [0.2, 0.25) is 5.91 Å². The molecule has 0 aromatic heterocycles. The van der Waals surface area contributed by atoms with Gasteiger partial charge >= 0.3 is 0 Å². The Morgan fingerprint density at radius 1 is 1.38 bits per heavy atom. The van der Waals surface area contributed by atoms with Gasteiger partial charge in [0.25, 0.3) is 0 Å². The third kappa shape index (κ3) is 2.92. The highest BCUT2D eigenvalue weighted by Gasteiger charge is 2.32. The molecule has 0 fully saturated rings. The van der Waals surface area contributed by atoms with Crippen molar-refractivity contribution in [2.24, 2.45) is 0 Å². The molecule has 0 saturated carbocycles. The van der Waals surface area contributed by atoms with Crippen molar-refractivity contribution in [3.05, 3.63) is 39.5 Å². The summed E-state index contributed by atoms with van der Waals surface area (Å²) >= 11 is 12.2. The van der Waals surface area contributed by atoms with Crippen LogP contribution in [-0.2, 0) is 4.79 Å². The molecule has 0 spiro atoms. The van der Waals surface area contributed by atoms with Gasteiger partial charge in [-0.25, -0.2) is 0 Å². The third-order valence-electron chi connectivity index (χ3n) is 3.23. The predicted molar refractivity (Wildman–Crippen MR) is 85.2 cm³/mol. The minimum Gasteiger partial charge on any atom is -0.383 e. The van der Waals surface area contributed by atoms with Crippen LogP contribution in [-0.4, -0.2) is 37.2 Å². The van der Waals surface area contributed by atoms with Crippen molar-refractivity contribution in [1.29, 1.82) is 0 Å². The maximum Gasteiger partial charge on any atom is 0.227 e. The molecule has 21 heavy (non-hydrogen) atoms. The largest absolute Gasteiger partial charge is 0.383 e. The van der Waals surface area contributed by atoms with Crippen molar-refractivity contribution in [3.8, 4) is 0 Å². The molecule has 6 heteroatoms. The first-order valence-electron chi connectivity index (χ1n) is 6.57. The van der Waals surface area contributed by atoms with Crippen molar-refractivity contribution < 1.29 is 9.59 Å². The second-order valence-corrected chi connectivity index (χ2v) is 5.82. The molecule has 0 saturated heterocycles. The van der Waals surface area contributed by atoms with E-state index in [9.17, 15) is 9.59 Å². The van der Waals surface area contributed by atoms with E-state index in [1.165, 1.54) is 0 Å². The number of rotatable bonds is 2. The summed E-state index contributed by atoms with van der Waals surface area (Å²) in [5, 5.41) is 0.496. The number of benzene rings is 1. The molecular formula is C15H16Cl2N2O2. The first-order chi connectivity index (χ1) is 9.86. The molecule has 4 nitrogen and oxygen atoms in total. The number of anilines is 1. The summed E-state index contributed by atoms with van der Waals surface area (Å²) in [6.45, 7) is 2.03. The zero-order valence-electron chi connectivity index (χ0n) is 12.1. The highest BCUT2D eigenvalue weighted by Crippen LogP contribution is 2.38. The van der Waals surface area contributed by atoms with Crippen molar-refractivity contribution in [2.75, 3.05) is 25.5 Å². The smallest absolute Gasteiger partial charge is 0.227 e. The lowest BCUT2D eigenvalue weighted by atomic mass is 9.96. The fourth-order valence-corrected chi connectivity index (χ4v) is 2.70. The van der Waals surface area contributed by atoms with E-state index in [-0.39, 0.29) is 23.3 Å². The molecule has 112 valence electrons. The van der Waals surface area contributed by atoms with Gasteiger partial charge in [0.15, 0.2) is 5.78 Å². The Hall–Kier alpha value is -1.52. The van der Waals surface area contributed by atoms with Crippen LogP contribution in [0.2, 0.25) is 10.0 Å². The highest BCUT2D eigenvalue weighted by atomic mass is 35.5. The number of hydrogen-bond donors (Lipinski definition) is 0. The van der Waals surface area contributed by atoms with Gasteiger partial charge in [-0.15, -0.1) is 0 Å². The Kier molecular flexibility index (Phi) is 4.59. The minimum absolute atomic E-state index is 0.0632. The van der Waals surface area contributed by atoms with Gasteiger partial charge in [-0.05, 0) is 12.1 Å². The van der Waals surface area contributed by atoms with Gasteiger partial charge < -0.3 is 9.80 Å².